The smallest absolute Gasteiger partial charge is 0.368 e. The Kier molecular flexibility index (Phi) is 8.06. The molecule has 0 radical (unpaired) electrons. The fraction of sp³-hybridized carbons (Fsp3) is 0.357. The summed E-state index contributed by atoms with van der Waals surface area (Å²) < 4.78 is 66.4. The van der Waals surface area contributed by atoms with Gasteiger partial charge in [0.1, 0.15) is 17.6 Å². The highest BCUT2D eigenvalue weighted by Crippen LogP contribution is 2.32. The third kappa shape index (κ3) is 6.38. The van der Waals surface area contributed by atoms with Gasteiger partial charge in [-0.3, -0.25) is 9.52 Å². The predicted octanol–water partition coefficient (Wildman–Crippen LogP) is 5.29. The lowest BCUT2D eigenvalue weighted by molar-refractivity contribution is -0.141. The van der Waals surface area contributed by atoms with Crippen LogP contribution in [-0.4, -0.2) is 63.0 Å². The number of sulfonamides is 1. The van der Waals surface area contributed by atoms with Crippen molar-refractivity contribution in [2.24, 2.45) is 0 Å². The quantitative estimate of drug-likeness (QED) is 0.409. The van der Waals surface area contributed by atoms with Crippen molar-refractivity contribution in [2.45, 2.75) is 36.9 Å². The van der Waals surface area contributed by atoms with E-state index in [1.165, 1.54) is 12.1 Å². The van der Waals surface area contributed by atoms with Gasteiger partial charge in [0, 0.05) is 50.5 Å². The highest BCUT2D eigenvalue weighted by molar-refractivity contribution is 7.92. The Hall–Kier alpha value is -3.51. The van der Waals surface area contributed by atoms with Gasteiger partial charge in [0.25, 0.3) is 10.0 Å². The zero-order valence-corrected chi connectivity index (χ0v) is 23.8. The molecule has 41 heavy (non-hydrogen) atoms. The van der Waals surface area contributed by atoms with Gasteiger partial charge in [-0.15, -0.1) is 0 Å². The topological polar surface area (TPSA) is 85.8 Å². The number of amides is 1. The molecule has 0 aliphatic carbocycles. The number of carbonyl (C=O) groups is 1. The maximum Gasteiger partial charge on any atom is 0.433 e. The van der Waals surface area contributed by atoms with E-state index in [1.54, 1.807) is 12.1 Å². The van der Waals surface area contributed by atoms with Crippen molar-refractivity contribution in [3.8, 4) is 0 Å². The number of rotatable bonds is 6. The molecule has 8 nitrogen and oxygen atoms in total. The van der Waals surface area contributed by atoms with Gasteiger partial charge in [-0.1, -0.05) is 17.7 Å². The number of anilines is 3. The van der Waals surface area contributed by atoms with Crippen molar-refractivity contribution >= 4 is 44.7 Å². The van der Waals surface area contributed by atoms with E-state index in [4.69, 9.17) is 11.6 Å². The number of carbonyl (C=O) groups excluding carboxylic acids is 1. The minimum Gasteiger partial charge on any atom is -0.368 e. The van der Waals surface area contributed by atoms with Gasteiger partial charge in [0.15, 0.2) is 0 Å². The first-order valence-corrected chi connectivity index (χ1v) is 15.0. The van der Waals surface area contributed by atoms with Gasteiger partial charge in [-0.25, -0.2) is 13.4 Å². The first kappa shape index (κ1) is 29.0. The number of aromatic nitrogens is 1. The van der Waals surface area contributed by atoms with Crippen LogP contribution in [0, 0.1) is 0 Å². The van der Waals surface area contributed by atoms with Crippen LogP contribution >= 0.6 is 11.6 Å². The van der Waals surface area contributed by atoms with Crippen molar-refractivity contribution in [1.29, 1.82) is 0 Å². The van der Waals surface area contributed by atoms with Crippen molar-refractivity contribution in [3.05, 3.63) is 76.9 Å². The molecule has 2 aromatic carbocycles. The summed E-state index contributed by atoms with van der Waals surface area (Å²) >= 11 is 6.17. The molecular formula is C28H31ClF3N5O3S. The fourth-order valence-corrected chi connectivity index (χ4v) is 6.46. The molecule has 1 aromatic heterocycles. The lowest BCUT2D eigenvalue weighted by Gasteiger charge is -2.41. The molecule has 1 amide bonds. The minimum absolute atomic E-state index is 0. The Bertz CT molecular complexity index is 1530. The maximum absolute atomic E-state index is 13.4. The summed E-state index contributed by atoms with van der Waals surface area (Å²) in [5.74, 6) is -0.362. The van der Waals surface area contributed by atoms with Crippen LogP contribution in [0.15, 0.2) is 65.6 Å². The highest BCUT2D eigenvalue weighted by atomic mass is 35.5. The molecule has 0 saturated carbocycles. The van der Waals surface area contributed by atoms with Gasteiger partial charge in [0.2, 0.25) is 5.91 Å². The Morgan fingerprint density at radius 3 is 2.41 bits per heavy atom. The van der Waals surface area contributed by atoms with Gasteiger partial charge in [-0.05, 0) is 79.9 Å². The summed E-state index contributed by atoms with van der Waals surface area (Å²) in [5.41, 5.74) is 1.79. The highest BCUT2D eigenvalue weighted by Gasteiger charge is 2.33. The second-order valence-electron chi connectivity index (χ2n) is 10.1. The van der Waals surface area contributed by atoms with Crippen LogP contribution in [0.3, 0.4) is 0 Å². The van der Waals surface area contributed by atoms with Crippen LogP contribution in [0.2, 0.25) is 5.02 Å². The molecule has 1 atom stereocenters. The number of piperazine rings is 1. The number of halogens is 4. The second-order valence-corrected chi connectivity index (χ2v) is 12.2. The first-order chi connectivity index (χ1) is 19.4. The zero-order chi connectivity index (χ0) is 29.4. The average molecular weight is 610 g/mol. The van der Waals surface area contributed by atoms with Crippen LogP contribution in [0.25, 0.3) is 0 Å². The normalized spacial score (nSPS) is 16.8. The van der Waals surface area contributed by atoms with Crippen LogP contribution in [0.5, 0.6) is 0 Å². The molecule has 0 spiro atoms. The summed E-state index contributed by atoms with van der Waals surface area (Å²) in [6, 6.07) is 14.6. The fourth-order valence-electron chi connectivity index (χ4n) is 5.26. The Labute approximate surface area is 243 Å². The third-order valence-corrected chi connectivity index (χ3v) is 9.01. The Morgan fingerprint density at radius 1 is 1.02 bits per heavy atom. The molecule has 5 rings (SSSR count). The monoisotopic (exact) mass is 609 g/mol. The molecule has 2 aliphatic rings. The van der Waals surface area contributed by atoms with Crippen molar-refractivity contribution in [2.75, 3.05) is 47.2 Å². The number of hydrogen-bond acceptors (Lipinski definition) is 6. The largest absolute Gasteiger partial charge is 0.433 e. The maximum atomic E-state index is 13.4. The number of nitrogens with one attached hydrogen (secondary N) is 1. The zero-order valence-electron chi connectivity index (χ0n) is 22.2. The molecule has 2 aliphatic heterocycles. The van der Waals surface area contributed by atoms with Gasteiger partial charge in [0.05, 0.1) is 4.90 Å². The van der Waals surface area contributed by atoms with Crippen LogP contribution in [0.4, 0.5) is 30.4 Å². The molecule has 3 heterocycles. The number of fused-ring (bicyclic) bond motifs is 1. The molecule has 220 valence electrons. The number of alkyl halides is 3. The van der Waals surface area contributed by atoms with E-state index in [0.29, 0.717) is 31.2 Å². The summed E-state index contributed by atoms with van der Waals surface area (Å²) in [5, 5.41) is 0.690. The van der Waals surface area contributed by atoms with E-state index in [2.05, 4.69) is 19.5 Å². The summed E-state index contributed by atoms with van der Waals surface area (Å²) in [7, 11) is -4.15. The molecule has 13 heteroatoms. The van der Waals surface area contributed by atoms with Gasteiger partial charge in [-0.2, -0.15) is 13.2 Å². The molecular weight excluding hydrogens is 579 g/mol. The SMILES string of the molecule is C[C@H](C(=O)N1CCN(c2ccc(S(=O)(=O)Nc3cccc(C(F)(F)F)n3)cc2)CC1)N1CCCc2cc(Cl)ccc21.[HH]. The molecule has 0 bridgehead atoms. The van der Waals surface area contributed by atoms with Crippen molar-refractivity contribution in [1.82, 2.24) is 9.88 Å². The molecule has 1 N–H and O–H groups in total. The van der Waals surface area contributed by atoms with E-state index in [-0.39, 0.29) is 18.3 Å². The van der Waals surface area contributed by atoms with E-state index in [9.17, 15) is 26.4 Å². The molecule has 0 unspecified atom stereocenters. The van der Waals surface area contributed by atoms with Gasteiger partial charge < -0.3 is 14.7 Å². The minimum atomic E-state index is -4.69. The second kappa shape index (κ2) is 11.4. The van der Waals surface area contributed by atoms with Crippen LogP contribution in [-0.2, 0) is 27.4 Å². The number of hydrogen-bond donors (Lipinski definition) is 1. The standard InChI is InChI=1S/C28H29ClF3N5O3S.H2/c1-19(37-13-3-4-20-18-21(29)7-12-24(20)37)27(38)36-16-14-35(15-17-36)22-8-10-23(11-9-22)41(39,40)34-26-6-2-5-25(33-26)28(30,31)32;/h2,5-12,18-19H,3-4,13-17H2,1H3,(H,33,34);1H/t19-;/m1./s1. The number of benzene rings is 2. The van der Waals surface area contributed by atoms with E-state index in [1.807, 2.05) is 30.0 Å². The molecule has 1 fully saturated rings. The van der Waals surface area contributed by atoms with E-state index in [0.717, 1.165) is 54.5 Å². The summed E-state index contributed by atoms with van der Waals surface area (Å²) in [4.78, 5) is 22.7. The summed E-state index contributed by atoms with van der Waals surface area (Å²) in [6.45, 7) is 4.92. The number of pyridine rings is 1. The lowest BCUT2D eigenvalue weighted by atomic mass is 10.00. The van der Waals surface area contributed by atoms with Crippen LogP contribution in [0.1, 0.15) is 26.0 Å². The van der Waals surface area contributed by atoms with Gasteiger partial charge >= 0.3 is 6.18 Å². The van der Waals surface area contributed by atoms with E-state index < -0.39 is 27.7 Å². The number of nitrogens with zero attached hydrogens (tertiary/aromatic N) is 4. The Balaban J connectivity index is 0.00000405. The van der Waals surface area contributed by atoms with Crippen LogP contribution < -0.4 is 14.5 Å². The van der Waals surface area contributed by atoms with Crippen molar-refractivity contribution < 1.29 is 27.8 Å². The molecule has 3 aromatic rings. The summed E-state index contributed by atoms with van der Waals surface area (Å²) in [6.07, 6.45) is -2.80. The number of aryl methyl sites for hydroxylation is 1. The lowest BCUT2D eigenvalue weighted by Crippen LogP contribution is -2.55. The average Bonchev–Trinajstić information content (AvgIpc) is 2.95. The Morgan fingerprint density at radius 2 is 1.73 bits per heavy atom. The first-order valence-electron chi connectivity index (χ1n) is 13.2. The van der Waals surface area contributed by atoms with Crippen molar-refractivity contribution in [3.63, 3.8) is 0 Å². The third-order valence-electron chi connectivity index (χ3n) is 7.40. The van der Waals surface area contributed by atoms with E-state index >= 15 is 0 Å². The molecule has 1 saturated heterocycles. The predicted molar refractivity (Wildman–Crippen MR) is 154 cm³/mol.